The van der Waals surface area contributed by atoms with Crippen molar-refractivity contribution in [2.75, 3.05) is 27.4 Å². The zero-order valence-electron chi connectivity index (χ0n) is 17.3. The molecule has 2 rings (SSSR count). The van der Waals surface area contributed by atoms with E-state index in [1.165, 1.54) is 0 Å². The number of methoxy groups -OCH3 is 1. The molecule has 1 amide bonds. The Bertz CT molecular complexity index is 692. The summed E-state index contributed by atoms with van der Waals surface area (Å²) in [5, 5.41) is 0. The SMILES string of the molecule is C/C=C/c1ccc(OCC(=O)OCC(=O)N(C)C2CCC(C)CC2)c(OC)c1. The average Bonchev–Trinajstić information content (AvgIpc) is 2.71. The summed E-state index contributed by atoms with van der Waals surface area (Å²) < 4.78 is 15.9. The lowest BCUT2D eigenvalue weighted by atomic mass is 9.87. The van der Waals surface area contributed by atoms with E-state index in [1.54, 1.807) is 25.1 Å². The zero-order valence-corrected chi connectivity index (χ0v) is 17.3. The van der Waals surface area contributed by atoms with E-state index in [0.29, 0.717) is 11.5 Å². The number of amides is 1. The molecule has 0 aromatic heterocycles. The second-order valence-electron chi connectivity index (χ2n) is 7.28. The lowest BCUT2D eigenvalue weighted by Gasteiger charge is -2.33. The van der Waals surface area contributed by atoms with Gasteiger partial charge in [-0.3, -0.25) is 4.79 Å². The Labute approximate surface area is 167 Å². The molecule has 0 atom stereocenters. The summed E-state index contributed by atoms with van der Waals surface area (Å²) in [7, 11) is 3.32. The van der Waals surface area contributed by atoms with Crippen LogP contribution >= 0.6 is 0 Å². The predicted octanol–water partition coefficient (Wildman–Crippen LogP) is 3.69. The molecule has 1 aromatic rings. The Hall–Kier alpha value is -2.50. The highest BCUT2D eigenvalue weighted by Crippen LogP contribution is 2.29. The zero-order chi connectivity index (χ0) is 20.5. The molecular formula is C22H31NO5. The van der Waals surface area contributed by atoms with Crippen LogP contribution in [0.5, 0.6) is 11.5 Å². The van der Waals surface area contributed by atoms with Gasteiger partial charge in [0.2, 0.25) is 0 Å². The first-order chi connectivity index (χ1) is 13.4. The van der Waals surface area contributed by atoms with Crippen LogP contribution in [0.3, 0.4) is 0 Å². The van der Waals surface area contributed by atoms with Crippen LogP contribution in [0.25, 0.3) is 6.08 Å². The van der Waals surface area contributed by atoms with Crippen molar-refractivity contribution < 1.29 is 23.8 Å². The van der Waals surface area contributed by atoms with E-state index < -0.39 is 5.97 Å². The Morgan fingerprint density at radius 2 is 1.86 bits per heavy atom. The van der Waals surface area contributed by atoms with Crippen LogP contribution in [-0.4, -0.2) is 50.2 Å². The molecule has 28 heavy (non-hydrogen) atoms. The molecule has 0 N–H and O–H groups in total. The van der Waals surface area contributed by atoms with Gasteiger partial charge in [-0.1, -0.05) is 25.1 Å². The number of allylic oxidation sites excluding steroid dienone is 1. The van der Waals surface area contributed by atoms with Crippen molar-refractivity contribution in [3.8, 4) is 11.5 Å². The maximum atomic E-state index is 12.3. The molecule has 0 bridgehead atoms. The monoisotopic (exact) mass is 389 g/mol. The second-order valence-corrected chi connectivity index (χ2v) is 7.28. The van der Waals surface area contributed by atoms with Crippen LogP contribution in [0.1, 0.15) is 45.1 Å². The average molecular weight is 389 g/mol. The molecule has 0 aliphatic heterocycles. The van der Waals surface area contributed by atoms with Crippen LogP contribution < -0.4 is 9.47 Å². The maximum Gasteiger partial charge on any atom is 0.344 e. The molecule has 6 nitrogen and oxygen atoms in total. The number of hydrogen-bond acceptors (Lipinski definition) is 5. The second kappa shape index (κ2) is 10.7. The van der Waals surface area contributed by atoms with E-state index >= 15 is 0 Å². The number of rotatable bonds is 8. The first-order valence-electron chi connectivity index (χ1n) is 9.79. The summed E-state index contributed by atoms with van der Waals surface area (Å²) in [6, 6.07) is 5.67. The molecule has 1 fully saturated rings. The molecule has 0 saturated heterocycles. The lowest BCUT2D eigenvalue weighted by Crippen LogP contribution is -2.41. The summed E-state index contributed by atoms with van der Waals surface area (Å²) in [5.41, 5.74) is 0.972. The van der Waals surface area contributed by atoms with Crippen molar-refractivity contribution in [3.63, 3.8) is 0 Å². The van der Waals surface area contributed by atoms with Gasteiger partial charge in [-0.25, -0.2) is 4.79 Å². The van der Waals surface area contributed by atoms with Gasteiger partial charge in [0.15, 0.2) is 24.7 Å². The van der Waals surface area contributed by atoms with Crippen molar-refractivity contribution in [2.45, 2.75) is 45.6 Å². The lowest BCUT2D eigenvalue weighted by molar-refractivity contribution is -0.154. The van der Waals surface area contributed by atoms with Gasteiger partial charge in [-0.15, -0.1) is 0 Å². The molecule has 1 saturated carbocycles. The minimum atomic E-state index is -0.585. The first-order valence-corrected chi connectivity index (χ1v) is 9.79. The molecule has 0 unspecified atom stereocenters. The van der Waals surface area contributed by atoms with Gasteiger partial charge in [0.25, 0.3) is 5.91 Å². The van der Waals surface area contributed by atoms with Crippen molar-refractivity contribution in [1.29, 1.82) is 0 Å². The van der Waals surface area contributed by atoms with E-state index in [2.05, 4.69) is 6.92 Å². The van der Waals surface area contributed by atoms with Crippen molar-refractivity contribution in [3.05, 3.63) is 29.8 Å². The minimum Gasteiger partial charge on any atom is -0.493 e. The molecule has 0 radical (unpaired) electrons. The summed E-state index contributed by atoms with van der Waals surface area (Å²) in [6.07, 6.45) is 8.13. The predicted molar refractivity (Wildman–Crippen MR) is 108 cm³/mol. The third-order valence-electron chi connectivity index (χ3n) is 5.18. The number of carbonyl (C=O) groups excluding carboxylic acids is 2. The molecule has 1 aliphatic rings. The summed E-state index contributed by atoms with van der Waals surface area (Å²) in [6.45, 7) is 3.63. The third kappa shape index (κ3) is 6.29. The first kappa shape index (κ1) is 21.8. The molecular weight excluding hydrogens is 358 g/mol. The fourth-order valence-corrected chi connectivity index (χ4v) is 3.36. The highest BCUT2D eigenvalue weighted by atomic mass is 16.6. The highest BCUT2D eigenvalue weighted by Gasteiger charge is 2.25. The summed E-state index contributed by atoms with van der Waals surface area (Å²) >= 11 is 0. The van der Waals surface area contributed by atoms with E-state index in [-0.39, 0.29) is 25.2 Å². The number of benzene rings is 1. The van der Waals surface area contributed by atoms with Crippen LogP contribution in [0.2, 0.25) is 0 Å². The number of carbonyl (C=O) groups is 2. The molecule has 1 aliphatic carbocycles. The van der Waals surface area contributed by atoms with Crippen LogP contribution in [0.4, 0.5) is 0 Å². The molecule has 1 aromatic carbocycles. The fraction of sp³-hybridized carbons (Fsp3) is 0.545. The van der Waals surface area contributed by atoms with Gasteiger partial charge in [-0.2, -0.15) is 0 Å². The molecule has 6 heteroatoms. The van der Waals surface area contributed by atoms with Gasteiger partial charge in [0, 0.05) is 13.1 Å². The van der Waals surface area contributed by atoms with E-state index in [4.69, 9.17) is 14.2 Å². The number of ether oxygens (including phenoxy) is 3. The van der Waals surface area contributed by atoms with Crippen LogP contribution in [0, 0.1) is 5.92 Å². The Kier molecular flexibility index (Phi) is 8.36. The normalized spacial score (nSPS) is 19.3. The number of nitrogens with zero attached hydrogens (tertiary/aromatic N) is 1. The summed E-state index contributed by atoms with van der Waals surface area (Å²) in [5.74, 6) is 0.941. The van der Waals surface area contributed by atoms with E-state index in [0.717, 1.165) is 37.2 Å². The highest BCUT2D eigenvalue weighted by molar-refractivity contribution is 5.81. The Morgan fingerprint density at radius 3 is 2.50 bits per heavy atom. The maximum absolute atomic E-state index is 12.3. The fourth-order valence-electron chi connectivity index (χ4n) is 3.36. The standard InChI is InChI=1S/C22H31NO5/c1-5-6-17-9-12-19(20(13-17)26-4)27-15-22(25)28-14-21(24)23(3)18-10-7-16(2)8-11-18/h5-6,9,12-13,16,18H,7-8,10-11,14-15H2,1-4H3/b6-5+. The number of hydrogen-bond donors (Lipinski definition) is 0. The number of esters is 1. The van der Waals surface area contributed by atoms with Gasteiger partial charge in [0.05, 0.1) is 7.11 Å². The quantitative estimate of drug-likeness (QED) is 0.635. The van der Waals surface area contributed by atoms with Gasteiger partial charge >= 0.3 is 5.97 Å². The molecule has 0 heterocycles. The van der Waals surface area contributed by atoms with Gasteiger partial charge < -0.3 is 19.1 Å². The van der Waals surface area contributed by atoms with Crippen LogP contribution in [-0.2, 0) is 14.3 Å². The van der Waals surface area contributed by atoms with Gasteiger partial charge in [0.1, 0.15) is 0 Å². The van der Waals surface area contributed by atoms with Crippen LogP contribution in [0.15, 0.2) is 24.3 Å². The van der Waals surface area contributed by atoms with Crippen molar-refractivity contribution >= 4 is 18.0 Å². The molecule has 0 spiro atoms. The largest absolute Gasteiger partial charge is 0.493 e. The Morgan fingerprint density at radius 1 is 1.14 bits per heavy atom. The third-order valence-corrected chi connectivity index (χ3v) is 5.18. The van der Waals surface area contributed by atoms with Crippen molar-refractivity contribution in [1.82, 2.24) is 4.90 Å². The van der Waals surface area contributed by atoms with Gasteiger partial charge in [-0.05, 0) is 56.2 Å². The number of likely N-dealkylation sites (N-methyl/N-ethyl adjacent to an activating group) is 1. The smallest absolute Gasteiger partial charge is 0.344 e. The minimum absolute atomic E-state index is 0.179. The van der Waals surface area contributed by atoms with Crippen molar-refractivity contribution in [2.24, 2.45) is 5.92 Å². The van der Waals surface area contributed by atoms with E-state index in [1.807, 2.05) is 31.2 Å². The van der Waals surface area contributed by atoms with E-state index in [9.17, 15) is 9.59 Å². The Balaban J connectivity index is 1.78. The summed E-state index contributed by atoms with van der Waals surface area (Å²) in [4.78, 5) is 26.0. The molecule has 154 valence electrons. The topological polar surface area (TPSA) is 65.1 Å².